The Hall–Kier alpha value is -0.630. The third kappa shape index (κ3) is 5.40. The highest BCUT2D eigenvalue weighted by Crippen LogP contribution is 2.24. The largest absolute Gasteiger partial charge is 0.355 e. The normalized spacial score (nSPS) is 11.7. The molecule has 0 aliphatic carbocycles. The van der Waals surface area contributed by atoms with Gasteiger partial charge in [-0.25, -0.2) is 13.1 Å². The molecule has 1 aromatic rings. The number of benzene rings is 1. The predicted octanol–water partition coefficient (Wildman–Crippen LogP) is 2.15. The summed E-state index contributed by atoms with van der Waals surface area (Å²) >= 11 is 9.08. The van der Waals surface area contributed by atoms with Crippen molar-refractivity contribution in [3.63, 3.8) is 0 Å². The maximum absolute atomic E-state index is 12.0. The smallest absolute Gasteiger partial charge is 0.242 e. The van der Waals surface area contributed by atoms with Gasteiger partial charge in [-0.2, -0.15) is 0 Å². The zero-order chi connectivity index (χ0) is 15.3. The van der Waals surface area contributed by atoms with Crippen molar-refractivity contribution in [2.75, 3.05) is 13.1 Å². The number of carbonyl (C=O) groups is 1. The number of amides is 1. The van der Waals surface area contributed by atoms with Crippen LogP contribution in [0.2, 0.25) is 5.02 Å². The van der Waals surface area contributed by atoms with E-state index in [0.29, 0.717) is 16.9 Å². The Morgan fingerprint density at radius 1 is 1.40 bits per heavy atom. The summed E-state index contributed by atoms with van der Waals surface area (Å²) < 4.78 is 26.9. The van der Waals surface area contributed by atoms with Crippen molar-refractivity contribution < 1.29 is 13.2 Å². The van der Waals surface area contributed by atoms with Crippen molar-refractivity contribution in [1.82, 2.24) is 10.0 Å². The molecule has 0 bridgehead atoms. The van der Waals surface area contributed by atoms with E-state index in [9.17, 15) is 13.2 Å². The summed E-state index contributed by atoms with van der Waals surface area (Å²) in [6.07, 6.45) is 0. The fraction of sp³-hybridized carbons (Fsp3) is 0.417. The summed E-state index contributed by atoms with van der Waals surface area (Å²) in [4.78, 5) is 11.4. The molecule has 1 aromatic carbocycles. The number of halogens is 2. The molecule has 2 N–H and O–H groups in total. The van der Waals surface area contributed by atoms with Gasteiger partial charge in [0, 0.05) is 11.0 Å². The Morgan fingerprint density at radius 2 is 2.05 bits per heavy atom. The van der Waals surface area contributed by atoms with E-state index in [1.165, 1.54) is 12.1 Å². The third-order valence-corrected chi connectivity index (χ3v) is 4.69. The fourth-order valence-corrected chi connectivity index (χ4v) is 3.33. The van der Waals surface area contributed by atoms with E-state index in [-0.39, 0.29) is 22.4 Å². The summed E-state index contributed by atoms with van der Waals surface area (Å²) in [7, 11) is -3.80. The van der Waals surface area contributed by atoms with E-state index in [2.05, 4.69) is 26.0 Å². The quantitative estimate of drug-likeness (QED) is 0.790. The molecular weight excluding hydrogens is 368 g/mol. The van der Waals surface area contributed by atoms with E-state index >= 15 is 0 Å². The van der Waals surface area contributed by atoms with Crippen molar-refractivity contribution in [3.8, 4) is 0 Å². The number of nitrogens with one attached hydrogen (secondary N) is 2. The molecule has 8 heteroatoms. The Kier molecular flexibility index (Phi) is 6.44. The van der Waals surface area contributed by atoms with E-state index in [1.54, 1.807) is 6.07 Å². The number of hydrogen-bond acceptors (Lipinski definition) is 3. The van der Waals surface area contributed by atoms with E-state index in [1.807, 2.05) is 13.8 Å². The van der Waals surface area contributed by atoms with Crippen LogP contribution in [0.15, 0.2) is 27.6 Å². The lowest BCUT2D eigenvalue weighted by Gasteiger charge is -2.10. The monoisotopic (exact) mass is 382 g/mol. The van der Waals surface area contributed by atoms with Gasteiger partial charge in [0.15, 0.2) is 0 Å². The number of sulfonamides is 1. The minimum Gasteiger partial charge on any atom is -0.355 e. The summed E-state index contributed by atoms with van der Waals surface area (Å²) in [6.45, 7) is 4.08. The van der Waals surface area contributed by atoms with Gasteiger partial charge in [-0.05, 0) is 24.1 Å². The molecule has 1 amide bonds. The molecule has 0 aliphatic heterocycles. The minimum absolute atomic E-state index is 0.0565. The molecule has 0 aromatic heterocycles. The average molecular weight is 384 g/mol. The van der Waals surface area contributed by atoms with Crippen LogP contribution in [0.3, 0.4) is 0 Å². The fourth-order valence-electron chi connectivity index (χ4n) is 1.31. The van der Waals surface area contributed by atoms with Gasteiger partial charge < -0.3 is 5.32 Å². The van der Waals surface area contributed by atoms with Crippen LogP contribution >= 0.6 is 27.5 Å². The van der Waals surface area contributed by atoms with Crippen molar-refractivity contribution in [2.24, 2.45) is 5.92 Å². The van der Waals surface area contributed by atoms with Gasteiger partial charge in [0.1, 0.15) is 4.90 Å². The Labute approximate surface area is 132 Å². The third-order valence-electron chi connectivity index (χ3n) is 2.31. The predicted molar refractivity (Wildman–Crippen MR) is 82.2 cm³/mol. The molecule has 0 atom stereocenters. The van der Waals surface area contributed by atoms with Gasteiger partial charge in [-0.15, -0.1) is 0 Å². The van der Waals surface area contributed by atoms with Crippen molar-refractivity contribution >= 4 is 43.5 Å². The van der Waals surface area contributed by atoms with Crippen LogP contribution < -0.4 is 10.0 Å². The molecule has 0 fully saturated rings. The topological polar surface area (TPSA) is 75.3 Å². The molecule has 0 radical (unpaired) electrons. The second-order valence-electron chi connectivity index (χ2n) is 4.60. The van der Waals surface area contributed by atoms with Crippen LogP contribution in [0.1, 0.15) is 13.8 Å². The molecular formula is C12H16BrClN2O3S. The molecule has 0 unspecified atom stereocenters. The molecule has 0 saturated carbocycles. The average Bonchev–Trinajstić information content (AvgIpc) is 2.33. The van der Waals surface area contributed by atoms with Crippen molar-refractivity contribution in [1.29, 1.82) is 0 Å². The first-order valence-electron chi connectivity index (χ1n) is 5.94. The van der Waals surface area contributed by atoms with Crippen LogP contribution in [0.4, 0.5) is 0 Å². The second kappa shape index (κ2) is 7.40. The lowest BCUT2D eigenvalue weighted by atomic mass is 10.2. The molecule has 5 nitrogen and oxygen atoms in total. The van der Waals surface area contributed by atoms with Gasteiger partial charge in [0.2, 0.25) is 15.9 Å². The first-order valence-corrected chi connectivity index (χ1v) is 8.59. The molecule has 0 spiro atoms. The minimum atomic E-state index is -3.80. The zero-order valence-electron chi connectivity index (χ0n) is 11.1. The maximum Gasteiger partial charge on any atom is 0.242 e. The van der Waals surface area contributed by atoms with Crippen LogP contribution in [0, 0.1) is 5.92 Å². The molecule has 20 heavy (non-hydrogen) atoms. The van der Waals surface area contributed by atoms with E-state index < -0.39 is 10.0 Å². The van der Waals surface area contributed by atoms with Crippen molar-refractivity contribution in [2.45, 2.75) is 18.7 Å². The van der Waals surface area contributed by atoms with Crippen LogP contribution in [0.5, 0.6) is 0 Å². The lowest BCUT2D eigenvalue weighted by molar-refractivity contribution is -0.120. The Morgan fingerprint density at radius 3 is 2.60 bits per heavy atom. The highest BCUT2D eigenvalue weighted by molar-refractivity contribution is 9.10. The molecule has 112 valence electrons. The summed E-state index contributed by atoms with van der Waals surface area (Å²) in [5.41, 5.74) is 0. The number of rotatable bonds is 6. The van der Waals surface area contributed by atoms with Gasteiger partial charge in [0.25, 0.3) is 0 Å². The Bertz CT molecular complexity index is 590. The first-order chi connectivity index (χ1) is 9.22. The highest BCUT2D eigenvalue weighted by atomic mass is 79.9. The summed E-state index contributed by atoms with van der Waals surface area (Å²) in [5, 5.41) is 2.72. The SMILES string of the molecule is CC(C)CNC(=O)CNS(=O)(=O)c1ccc(Br)cc1Cl. The van der Waals surface area contributed by atoms with E-state index in [4.69, 9.17) is 11.6 Å². The van der Waals surface area contributed by atoms with Crippen LogP contribution in [-0.4, -0.2) is 27.4 Å². The number of hydrogen-bond donors (Lipinski definition) is 2. The zero-order valence-corrected chi connectivity index (χ0v) is 14.3. The Balaban J connectivity index is 2.68. The summed E-state index contributed by atoms with van der Waals surface area (Å²) in [6, 6.07) is 4.43. The number of carbonyl (C=O) groups excluding carboxylic acids is 1. The van der Waals surface area contributed by atoms with Crippen LogP contribution in [-0.2, 0) is 14.8 Å². The van der Waals surface area contributed by atoms with Gasteiger partial charge in [0.05, 0.1) is 11.6 Å². The van der Waals surface area contributed by atoms with Crippen molar-refractivity contribution in [3.05, 3.63) is 27.7 Å². The standard InChI is InChI=1S/C12H16BrClN2O3S/c1-8(2)6-15-12(17)7-16-20(18,19)11-4-3-9(13)5-10(11)14/h3-5,8,16H,6-7H2,1-2H3,(H,15,17). The highest BCUT2D eigenvalue weighted by Gasteiger charge is 2.18. The van der Waals surface area contributed by atoms with Crippen LogP contribution in [0.25, 0.3) is 0 Å². The maximum atomic E-state index is 12.0. The van der Waals surface area contributed by atoms with Gasteiger partial charge in [-0.3, -0.25) is 4.79 Å². The van der Waals surface area contributed by atoms with Gasteiger partial charge in [-0.1, -0.05) is 41.4 Å². The summed E-state index contributed by atoms with van der Waals surface area (Å²) in [5.74, 6) is -0.0769. The second-order valence-corrected chi connectivity index (χ2v) is 7.66. The molecule has 1 rings (SSSR count). The molecule has 0 aliphatic rings. The van der Waals surface area contributed by atoms with Gasteiger partial charge >= 0.3 is 0 Å². The molecule has 0 heterocycles. The van der Waals surface area contributed by atoms with E-state index in [0.717, 1.165) is 0 Å². The first kappa shape index (κ1) is 17.4. The lowest BCUT2D eigenvalue weighted by Crippen LogP contribution is -2.38. The molecule has 0 saturated heterocycles.